The van der Waals surface area contributed by atoms with E-state index in [-0.39, 0.29) is 11.8 Å². The molecular weight excluding hydrogens is 482 g/mol. The summed E-state index contributed by atoms with van der Waals surface area (Å²) in [6, 6.07) is 0. The number of carbonyl (C=O) groups excluding carboxylic acids is 2. The molecule has 3 heterocycles. The highest BCUT2D eigenvalue weighted by Crippen LogP contribution is 2.29. The SMILES string of the molecule is COC(=O)c1c(C)nc(N2CCN(C(=O)c3cnc(NCC4CCCC4)c(C(C)C)n3)C(C)(C)C2)nc1C. The van der Waals surface area contributed by atoms with Gasteiger partial charge in [-0.15, -0.1) is 0 Å². The van der Waals surface area contributed by atoms with E-state index in [9.17, 15) is 9.59 Å². The maximum absolute atomic E-state index is 13.7. The quantitative estimate of drug-likeness (QED) is 0.535. The van der Waals surface area contributed by atoms with Gasteiger partial charge in [-0.3, -0.25) is 4.79 Å². The maximum Gasteiger partial charge on any atom is 0.341 e. The minimum atomic E-state index is -0.499. The van der Waals surface area contributed by atoms with Crippen molar-refractivity contribution in [1.82, 2.24) is 24.8 Å². The molecule has 0 bridgehead atoms. The van der Waals surface area contributed by atoms with Crippen molar-refractivity contribution in [3.8, 4) is 0 Å². The highest BCUT2D eigenvalue weighted by atomic mass is 16.5. The van der Waals surface area contributed by atoms with Crippen molar-refractivity contribution < 1.29 is 14.3 Å². The predicted octanol–water partition coefficient (Wildman–Crippen LogP) is 4.14. The largest absolute Gasteiger partial charge is 0.465 e. The van der Waals surface area contributed by atoms with E-state index in [0.29, 0.717) is 54.1 Å². The predicted molar refractivity (Wildman–Crippen MR) is 147 cm³/mol. The molecule has 1 N–H and O–H groups in total. The van der Waals surface area contributed by atoms with E-state index in [1.54, 1.807) is 20.0 Å². The first kappa shape index (κ1) is 27.7. The smallest absolute Gasteiger partial charge is 0.341 e. The van der Waals surface area contributed by atoms with E-state index in [0.717, 1.165) is 18.1 Å². The van der Waals surface area contributed by atoms with E-state index >= 15 is 0 Å². The molecule has 2 aliphatic rings. The van der Waals surface area contributed by atoms with Crippen LogP contribution in [0.2, 0.25) is 0 Å². The Hall–Kier alpha value is -3.30. The van der Waals surface area contributed by atoms with Gasteiger partial charge in [-0.1, -0.05) is 26.7 Å². The van der Waals surface area contributed by atoms with E-state index < -0.39 is 11.5 Å². The topological polar surface area (TPSA) is 113 Å². The molecule has 4 rings (SSSR count). The van der Waals surface area contributed by atoms with Gasteiger partial charge in [0.25, 0.3) is 5.91 Å². The fraction of sp³-hybridized carbons (Fsp3) is 0.643. The van der Waals surface area contributed by atoms with Crippen LogP contribution >= 0.6 is 0 Å². The number of rotatable bonds is 7. The summed E-state index contributed by atoms with van der Waals surface area (Å²) in [4.78, 5) is 48.3. The van der Waals surface area contributed by atoms with Crippen molar-refractivity contribution in [3.05, 3.63) is 34.5 Å². The maximum atomic E-state index is 13.7. The molecule has 206 valence electrons. The lowest BCUT2D eigenvalue weighted by atomic mass is 9.98. The molecule has 0 radical (unpaired) electrons. The Morgan fingerprint density at radius 2 is 1.76 bits per heavy atom. The summed E-state index contributed by atoms with van der Waals surface area (Å²) < 4.78 is 4.87. The minimum absolute atomic E-state index is 0.124. The van der Waals surface area contributed by atoms with Crippen molar-refractivity contribution in [2.75, 3.05) is 43.5 Å². The first-order chi connectivity index (χ1) is 18.0. The van der Waals surface area contributed by atoms with Crippen LogP contribution in [0.25, 0.3) is 0 Å². The summed E-state index contributed by atoms with van der Waals surface area (Å²) >= 11 is 0. The zero-order chi connectivity index (χ0) is 27.6. The third-order valence-corrected chi connectivity index (χ3v) is 7.68. The Morgan fingerprint density at radius 1 is 1.11 bits per heavy atom. The number of nitrogens with one attached hydrogen (secondary N) is 1. The fourth-order valence-electron chi connectivity index (χ4n) is 5.58. The monoisotopic (exact) mass is 523 g/mol. The summed E-state index contributed by atoms with van der Waals surface area (Å²) in [6.07, 6.45) is 6.73. The van der Waals surface area contributed by atoms with E-state index in [1.807, 2.05) is 18.7 Å². The number of piperazine rings is 1. The average molecular weight is 524 g/mol. The second-order valence-electron chi connectivity index (χ2n) is 11.4. The molecule has 38 heavy (non-hydrogen) atoms. The number of methoxy groups -OCH3 is 1. The zero-order valence-electron chi connectivity index (χ0n) is 23.8. The molecule has 0 spiro atoms. The molecule has 0 atom stereocenters. The normalized spacial score (nSPS) is 17.7. The van der Waals surface area contributed by atoms with Crippen LogP contribution in [-0.4, -0.2) is 75.5 Å². The Labute approximate surface area is 225 Å². The number of aromatic nitrogens is 4. The summed E-state index contributed by atoms with van der Waals surface area (Å²) in [7, 11) is 1.35. The lowest BCUT2D eigenvalue weighted by Gasteiger charge is -2.47. The molecule has 2 fully saturated rings. The third kappa shape index (κ3) is 5.73. The molecule has 0 aromatic carbocycles. The van der Waals surface area contributed by atoms with Crippen molar-refractivity contribution in [1.29, 1.82) is 0 Å². The van der Waals surface area contributed by atoms with Gasteiger partial charge in [0.05, 0.1) is 35.9 Å². The van der Waals surface area contributed by atoms with Crippen LogP contribution < -0.4 is 10.2 Å². The summed E-state index contributed by atoms with van der Waals surface area (Å²) in [6.45, 7) is 14.3. The summed E-state index contributed by atoms with van der Waals surface area (Å²) in [5.74, 6) is 1.59. The number of ether oxygens (including phenoxy) is 1. The van der Waals surface area contributed by atoms with Crippen molar-refractivity contribution in [3.63, 3.8) is 0 Å². The lowest BCUT2D eigenvalue weighted by molar-refractivity contribution is 0.0504. The van der Waals surface area contributed by atoms with E-state index in [1.165, 1.54) is 32.8 Å². The molecule has 2 aromatic rings. The van der Waals surface area contributed by atoms with Crippen molar-refractivity contribution >= 4 is 23.6 Å². The third-order valence-electron chi connectivity index (χ3n) is 7.68. The van der Waals surface area contributed by atoms with Gasteiger partial charge >= 0.3 is 5.97 Å². The van der Waals surface area contributed by atoms with Gasteiger partial charge in [-0.25, -0.2) is 24.7 Å². The number of esters is 1. The van der Waals surface area contributed by atoms with Crippen LogP contribution in [0.5, 0.6) is 0 Å². The van der Waals surface area contributed by atoms with Gasteiger partial charge in [0.15, 0.2) is 0 Å². The number of anilines is 2. The zero-order valence-corrected chi connectivity index (χ0v) is 23.8. The van der Waals surface area contributed by atoms with E-state index in [2.05, 4.69) is 39.0 Å². The van der Waals surface area contributed by atoms with Gasteiger partial charge < -0.3 is 19.9 Å². The highest BCUT2D eigenvalue weighted by molar-refractivity contribution is 5.93. The molecular formula is C28H41N7O3. The van der Waals surface area contributed by atoms with Crippen molar-refractivity contribution in [2.45, 2.75) is 78.7 Å². The van der Waals surface area contributed by atoms with Crippen LogP contribution in [0.4, 0.5) is 11.8 Å². The number of hydrogen-bond acceptors (Lipinski definition) is 9. The molecule has 2 aromatic heterocycles. The first-order valence-electron chi connectivity index (χ1n) is 13.6. The molecule has 1 aliphatic heterocycles. The molecule has 1 saturated heterocycles. The van der Waals surface area contributed by atoms with Gasteiger partial charge in [-0.2, -0.15) is 0 Å². The second kappa shape index (κ2) is 11.2. The Balaban J connectivity index is 1.50. The standard InChI is InChI=1S/C28H41N7O3/c1-17(2)23-24(29-14-20-10-8-9-11-20)30-15-21(33-23)25(36)35-13-12-34(16-28(35,5)6)27-31-18(3)22(19(4)32-27)26(37)38-7/h15,17,20H,8-14,16H2,1-7H3,(H,29,30). The molecule has 1 saturated carbocycles. The Kier molecular flexibility index (Phi) is 8.18. The molecule has 10 heteroatoms. The van der Waals surface area contributed by atoms with Crippen LogP contribution in [-0.2, 0) is 4.74 Å². The lowest BCUT2D eigenvalue weighted by Crippen LogP contribution is -2.61. The first-order valence-corrected chi connectivity index (χ1v) is 13.6. The highest BCUT2D eigenvalue weighted by Gasteiger charge is 2.39. The van der Waals surface area contributed by atoms with Gasteiger partial charge in [0, 0.05) is 26.2 Å². The van der Waals surface area contributed by atoms with E-state index in [4.69, 9.17) is 9.72 Å². The summed E-state index contributed by atoms with van der Waals surface area (Å²) in [5.41, 5.74) is 2.25. The van der Waals surface area contributed by atoms with Gasteiger partial charge in [0.2, 0.25) is 5.95 Å². The number of carbonyl (C=O) groups is 2. The molecule has 1 aliphatic carbocycles. The fourth-order valence-corrected chi connectivity index (χ4v) is 5.58. The minimum Gasteiger partial charge on any atom is -0.465 e. The number of hydrogen-bond donors (Lipinski definition) is 1. The molecule has 0 unspecified atom stereocenters. The second-order valence-corrected chi connectivity index (χ2v) is 11.4. The van der Waals surface area contributed by atoms with Gasteiger partial charge in [-0.05, 0) is 52.4 Å². The van der Waals surface area contributed by atoms with Crippen LogP contribution in [0.1, 0.15) is 97.2 Å². The summed E-state index contributed by atoms with van der Waals surface area (Å²) in [5, 5.41) is 3.50. The average Bonchev–Trinajstić information content (AvgIpc) is 3.39. The van der Waals surface area contributed by atoms with Crippen LogP contribution in [0, 0.1) is 19.8 Å². The molecule has 10 nitrogen and oxygen atoms in total. The van der Waals surface area contributed by atoms with Crippen LogP contribution in [0.15, 0.2) is 6.20 Å². The number of amides is 1. The number of nitrogens with zero attached hydrogens (tertiary/aromatic N) is 6. The van der Waals surface area contributed by atoms with Crippen molar-refractivity contribution in [2.24, 2.45) is 5.92 Å². The Morgan fingerprint density at radius 3 is 2.34 bits per heavy atom. The number of aryl methyl sites for hydroxylation is 2. The molecule has 1 amide bonds. The Bertz CT molecular complexity index is 1170. The van der Waals surface area contributed by atoms with Crippen LogP contribution in [0.3, 0.4) is 0 Å². The van der Waals surface area contributed by atoms with Gasteiger partial charge in [0.1, 0.15) is 17.1 Å².